The standard InChI is InChI=1S/C17H26N2O/c1-13(2)18-12-16-11-15-7-5-6-8-17(15)19(16)9-10-20-14(3)4/h5-8,11,13-14,18H,9-10,12H2,1-4H3. The first-order valence-corrected chi connectivity index (χ1v) is 7.50. The van der Waals surface area contributed by atoms with Crippen LogP contribution in [0.3, 0.4) is 0 Å². The molecule has 1 aromatic carbocycles. The van der Waals surface area contributed by atoms with Crippen LogP contribution in [0.4, 0.5) is 0 Å². The Bertz CT molecular complexity index is 543. The second-order valence-electron chi connectivity index (χ2n) is 5.80. The van der Waals surface area contributed by atoms with Crippen molar-refractivity contribution in [2.24, 2.45) is 0 Å². The molecular weight excluding hydrogens is 248 g/mol. The summed E-state index contributed by atoms with van der Waals surface area (Å²) < 4.78 is 8.07. The minimum atomic E-state index is 0.286. The van der Waals surface area contributed by atoms with Crippen LogP contribution in [0.1, 0.15) is 33.4 Å². The van der Waals surface area contributed by atoms with Gasteiger partial charge in [-0.1, -0.05) is 32.0 Å². The number of nitrogens with zero attached hydrogens (tertiary/aromatic N) is 1. The van der Waals surface area contributed by atoms with Crippen LogP contribution >= 0.6 is 0 Å². The Balaban J connectivity index is 2.20. The lowest BCUT2D eigenvalue weighted by atomic mass is 10.2. The second-order valence-corrected chi connectivity index (χ2v) is 5.80. The van der Waals surface area contributed by atoms with Gasteiger partial charge in [0.15, 0.2) is 0 Å². The highest BCUT2D eigenvalue weighted by Gasteiger charge is 2.09. The van der Waals surface area contributed by atoms with E-state index in [9.17, 15) is 0 Å². The molecule has 1 heterocycles. The van der Waals surface area contributed by atoms with E-state index in [1.165, 1.54) is 16.6 Å². The SMILES string of the molecule is CC(C)NCc1cc2ccccc2n1CCOC(C)C. The maximum Gasteiger partial charge on any atom is 0.0649 e. The molecular formula is C17H26N2O. The van der Waals surface area contributed by atoms with E-state index in [0.717, 1.165) is 19.7 Å². The van der Waals surface area contributed by atoms with Crippen molar-refractivity contribution < 1.29 is 4.74 Å². The molecule has 0 bridgehead atoms. The van der Waals surface area contributed by atoms with Crippen molar-refractivity contribution in [3.05, 3.63) is 36.0 Å². The molecule has 0 saturated carbocycles. The minimum absolute atomic E-state index is 0.286. The largest absolute Gasteiger partial charge is 0.377 e. The molecule has 0 aliphatic carbocycles. The van der Waals surface area contributed by atoms with Crippen molar-refractivity contribution >= 4 is 10.9 Å². The summed E-state index contributed by atoms with van der Waals surface area (Å²) in [5, 5.41) is 4.80. The lowest BCUT2D eigenvalue weighted by Gasteiger charge is -2.14. The fraction of sp³-hybridized carbons (Fsp3) is 0.529. The highest BCUT2D eigenvalue weighted by atomic mass is 16.5. The van der Waals surface area contributed by atoms with Crippen LogP contribution < -0.4 is 5.32 Å². The summed E-state index contributed by atoms with van der Waals surface area (Å²) in [5.74, 6) is 0. The van der Waals surface area contributed by atoms with E-state index in [0.29, 0.717) is 6.04 Å². The summed E-state index contributed by atoms with van der Waals surface area (Å²) in [6, 6.07) is 11.3. The lowest BCUT2D eigenvalue weighted by molar-refractivity contribution is 0.0729. The zero-order valence-electron chi connectivity index (χ0n) is 13.0. The quantitative estimate of drug-likeness (QED) is 0.835. The summed E-state index contributed by atoms with van der Waals surface area (Å²) in [4.78, 5) is 0. The summed E-state index contributed by atoms with van der Waals surface area (Å²) in [7, 11) is 0. The maximum atomic E-state index is 5.70. The lowest BCUT2D eigenvalue weighted by Crippen LogP contribution is -2.24. The third-order valence-electron chi connectivity index (χ3n) is 3.35. The minimum Gasteiger partial charge on any atom is -0.377 e. The zero-order valence-corrected chi connectivity index (χ0v) is 13.0. The van der Waals surface area contributed by atoms with Gasteiger partial charge in [0.25, 0.3) is 0 Å². The van der Waals surface area contributed by atoms with Gasteiger partial charge in [0.05, 0.1) is 12.7 Å². The number of hydrogen-bond acceptors (Lipinski definition) is 2. The number of fused-ring (bicyclic) bond motifs is 1. The van der Waals surface area contributed by atoms with Gasteiger partial charge in [-0.15, -0.1) is 0 Å². The first kappa shape index (κ1) is 15.1. The van der Waals surface area contributed by atoms with Gasteiger partial charge in [0.2, 0.25) is 0 Å². The average Bonchev–Trinajstić information content (AvgIpc) is 2.74. The first-order chi connectivity index (χ1) is 9.58. The molecule has 0 atom stereocenters. The number of benzene rings is 1. The number of nitrogens with one attached hydrogen (secondary N) is 1. The molecule has 0 aliphatic rings. The van der Waals surface area contributed by atoms with Crippen molar-refractivity contribution in [2.45, 2.75) is 52.9 Å². The van der Waals surface area contributed by atoms with Crippen LogP contribution in [0.15, 0.2) is 30.3 Å². The Labute approximate surface area is 121 Å². The third-order valence-corrected chi connectivity index (χ3v) is 3.35. The van der Waals surface area contributed by atoms with Crippen molar-refractivity contribution in [2.75, 3.05) is 6.61 Å². The van der Waals surface area contributed by atoms with Gasteiger partial charge in [-0.25, -0.2) is 0 Å². The Hall–Kier alpha value is -1.32. The Kier molecular flexibility index (Phi) is 5.21. The van der Waals surface area contributed by atoms with Crippen LogP contribution in [0, 0.1) is 0 Å². The predicted molar refractivity (Wildman–Crippen MR) is 85.0 cm³/mol. The molecule has 0 amide bonds. The third kappa shape index (κ3) is 3.84. The van der Waals surface area contributed by atoms with Gasteiger partial charge in [0, 0.05) is 30.3 Å². The molecule has 1 N–H and O–H groups in total. The van der Waals surface area contributed by atoms with Gasteiger partial charge >= 0.3 is 0 Å². The van der Waals surface area contributed by atoms with Gasteiger partial charge in [-0.3, -0.25) is 0 Å². The highest BCUT2D eigenvalue weighted by molar-refractivity contribution is 5.81. The smallest absolute Gasteiger partial charge is 0.0649 e. The van der Waals surface area contributed by atoms with Crippen molar-refractivity contribution in [1.82, 2.24) is 9.88 Å². The highest BCUT2D eigenvalue weighted by Crippen LogP contribution is 2.20. The fourth-order valence-corrected chi connectivity index (χ4v) is 2.37. The van der Waals surface area contributed by atoms with Gasteiger partial charge in [-0.05, 0) is 31.4 Å². The van der Waals surface area contributed by atoms with Crippen molar-refractivity contribution in [3.63, 3.8) is 0 Å². The molecule has 0 radical (unpaired) electrons. The second kappa shape index (κ2) is 6.91. The molecule has 1 aromatic heterocycles. The predicted octanol–water partition coefficient (Wildman–Crippen LogP) is 3.56. The van der Waals surface area contributed by atoms with E-state index in [1.807, 2.05) is 0 Å². The van der Waals surface area contributed by atoms with Gasteiger partial charge < -0.3 is 14.6 Å². The van der Waals surface area contributed by atoms with Crippen LogP contribution in [0.5, 0.6) is 0 Å². The van der Waals surface area contributed by atoms with Crippen LogP contribution in [-0.4, -0.2) is 23.3 Å². The van der Waals surface area contributed by atoms with Gasteiger partial charge in [-0.2, -0.15) is 0 Å². The summed E-state index contributed by atoms with van der Waals surface area (Å²) >= 11 is 0. The number of para-hydroxylation sites is 1. The molecule has 0 unspecified atom stereocenters. The number of hydrogen-bond donors (Lipinski definition) is 1. The van der Waals surface area contributed by atoms with Crippen molar-refractivity contribution in [1.29, 1.82) is 0 Å². The van der Waals surface area contributed by atoms with E-state index in [-0.39, 0.29) is 6.10 Å². The van der Waals surface area contributed by atoms with Gasteiger partial charge in [0.1, 0.15) is 0 Å². The van der Waals surface area contributed by atoms with Crippen LogP contribution in [0.25, 0.3) is 10.9 Å². The monoisotopic (exact) mass is 274 g/mol. The number of rotatable bonds is 7. The van der Waals surface area contributed by atoms with Crippen molar-refractivity contribution in [3.8, 4) is 0 Å². The Morgan fingerprint density at radius 2 is 1.90 bits per heavy atom. The van der Waals surface area contributed by atoms with E-state index in [1.54, 1.807) is 0 Å². The average molecular weight is 274 g/mol. The summed E-state index contributed by atoms with van der Waals surface area (Å²) in [6.45, 7) is 11.1. The first-order valence-electron chi connectivity index (χ1n) is 7.50. The van der Waals surface area contributed by atoms with E-state index in [4.69, 9.17) is 4.74 Å². The summed E-state index contributed by atoms with van der Waals surface area (Å²) in [5.41, 5.74) is 2.62. The van der Waals surface area contributed by atoms with E-state index < -0.39 is 0 Å². The maximum absolute atomic E-state index is 5.70. The molecule has 0 spiro atoms. The molecule has 0 saturated heterocycles. The Morgan fingerprint density at radius 1 is 1.15 bits per heavy atom. The molecule has 0 fully saturated rings. The molecule has 2 rings (SSSR count). The molecule has 3 heteroatoms. The molecule has 3 nitrogen and oxygen atoms in total. The number of ether oxygens (including phenoxy) is 1. The molecule has 20 heavy (non-hydrogen) atoms. The van der Waals surface area contributed by atoms with Crippen LogP contribution in [-0.2, 0) is 17.8 Å². The fourth-order valence-electron chi connectivity index (χ4n) is 2.37. The van der Waals surface area contributed by atoms with E-state index >= 15 is 0 Å². The molecule has 2 aromatic rings. The zero-order chi connectivity index (χ0) is 14.5. The Morgan fingerprint density at radius 3 is 2.60 bits per heavy atom. The topological polar surface area (TPSA) is 26.2 Å². The van der Waals surface area contributed by atoms with E-state index in [2.05, 4.69) is 67.9 Å². The normalized spacial score (nSPS) is 11.9. The number of aromatic nitrogens is 1. The summed E-state index contributed by atoms with van der Waals surface area (Å²) in [6.07, 6.45) is 0.286. The molecule has 110 valence electrons. The molecule has 0 aliphatic heterocycles. The van der Waals surface area contributed by atoms with Crippen LogP contribution in [0.2, 0.25) is 0 Å².